The van der Waals surface area contributed by atoms with Crippen molar-refractivity contribution < 1.29 is 4.39 Å². The van der Waals surface area contributed by atoms with E-state index in [1.165, 1.54) is 16.5 Å². The standard InChI is InChI=1S/C14H16ClFN2S/c1-2-9-5-6-19-14(9)13(18-17)7-10-3-4-11(15)8-12(10)16/h3-6,8,13,18H,2,7,17H2,1H3. The molecule has 0 aliphatic heterocycles. The lowest BCUT2D eigenvalue weighted by atomic mass is 10.0. The van der Waals surface area contributed by atoms with E-state index in [1.807, 2.05) is 5.38 Å². The van der Waals surface area contributed by atoms with E-state index >= 15 is 0 Å². The largest absolute Gasteiger partial charge is 0.271 e. The van der Waals surface area contributed by atoms with Crippen LogP contribution in [0.5, 0.6) is 0 Å². The molecule has 2 aromatic rings. The Hall–Kier alpha value is -0.940. The molecule has 1 aromatic carbocycles. The number of nitrogens with two attached hydrogens (primary N) is 1. The minimum absolute atomic E-state index is 0.0781. The summed E-state index contributed by atoms with van der Waals surface area (Å²) in [7, 11) is 0. The highest BCUT2D eigenvalue weighted by atomic mass is 35.5. The Bertz CT molecular complexity index is 556. The maximum atomic E-state index is 13.8. The molecule has 1 unspecified atom stereocenters. The van der Waals surface area contributed by atoms with Crippen LogP contribution >= 0.6 is 22.9 Å². The number of hydrazine groups is 1. The van der Waals surface area contributed by atoms with Gasteiger partial charge in [-0.25, -0.2) is 4.39 Å². The van der Waals surface area contributed by atoms with Gasteiger partial charge in [0.1, 0.15) is 5.82 Å². The van der Waals surface area contributed by atoms with Gasteiger partial charge in [0.2, 0.25) is 0 Å². The molecular formula is C14H16ClFN2S. The summed E-state index contributed by atoms with van der Waals surface area (Å²) in [6.45, 7) is 2.10. The average Bonchev–Trinajstić information content (AvgIpc) is 2.86. The van der Waals surface area contributed by atoms with E-state index in [0.29, 0.717) is 17.0 Å². The first-order valence-corrected chi connectivity index (χ1v) is 7.37. The third kappa shape index (κ3) is 3.34. The van der Waals surface area contributed by atoms with Crippen LogP contribution in [0.25, 0.3) is 0 Å². The molecule has 3 N–H and O–H groups in total. The summed E-state index contributed by atoms with van der Waals surface area (Å²) in [4.78, 5) is 1.17. The molecule has 0 bridgehead atoms. The number of hydrogen-bond acceptors (Lipinski definition) is 3. The number of halogens is 2. The molecule has 1 aromatic heterocycles. The fraction of sp³-hybridized carbons (Fsp3) is 0.286. The minimum atomic E-state index is -0.289. The lowest BCUT2D eigenvalue weighted by Gasteiger charge is -2.17. The summed E-state index contributed by atoms with van der Waals surface area (Å²) in [5.41, 5.74) is 4.65. The third-order valence-corrected chi connectivity index (χ3v) is 4.43. The van der Waals surface area contributed by atoms with Crippen LogP contribution in [0.15, 0.2) is 29.6 Å². The number of aryl methyl sites for hydroxylation is 1. The van der Waals surface area contributed by atoms with Gasteiger partial charge in [-0.3, -0.25) is 11.3 Å². The van der Waals surface area contributed by atoms with E-state index < -0.39 is 0 Å². The number of benzene rings is 1. The number of rotatable bonds is 5. The van der Waals surface area contributed by atoms with Crippen molar-refractivity contribution in [1.29, 1.82) is 0 Å². The van der Waals surface area contributed by atoms with Crippen molar-refractivity contribution in [3.05, 3.63) is 56.5 Å². The van der Waals surface area contributed by atoms with Crippen LogP contribution < -0.4 is 11.3 Å². The summed E-state index contributed by atoms with van der Waals surface area (Å²) in [6, 6.07) is 6.75. The van der Waals surface area contributed by atoms with E-state index in [-0.39, 0.29) is 11.9 Å². The SMILES string of the molecule is CCc1ccsc1C(Cc1ccc(Cl)cc1F)NN. The smallest absolute Gasteiger partial charge is 0.127 e. The van der Waals surface area contributed by atoms with Crippen molar-refractivity contribution in [2.24, 2.45) is 5.84 Å². The molecule has 19 heavy (non-hydrogen) atoms. The molecule has 0 aliphatic rings. The highest BCUT2D eigenvalue weighted by Crippen LogP contribution is 2.28. The predicted octanol–water partition coefficient (Wildman–Crippen LogP) is 3.85. The molecule has 0 fully saturated rings. The van der Waals surface area contributed by atoms with Gasteiger partial charge in [0.05, 0.1) is 6.04 Å². The first-order chi connectivity index (χ1) is 9.15. The fourth-order valence-corrected chi connectivity index (χ4v) is 3.30. The van der Waals surface area contributed by atoms with E-state index in [2.05, 4.69) is 18.4 Å². The van der Waals surface area contributed by atoms with Crippen LogP contribution in [-0.4, -0.2) is 0 Å². The van der Waals surface area contributed by atoms with Crippen LogP contribution in [0.1, 0.15) is 29.0 Å². The van der Waals surface area contributed by atoms with Crippen molar-refractivity contribution in [3.63, 3.8) is 0 Å². The van der Waals surface area contributed by atoms with Crippen LogP contribution in [0.4, 0.5) is 4.39 Å². The van der Waals surface area contributed by atoms with Crippen molar-refractivity contribution in [3.8, 4) is 0 Å². The van der Waals surface area contributed by atoms with Gasteiger partial charge in [0.25, 0.3) is 0 Å². The van der Waals surface area contributed by atoms with Gasteiger partial charge in [-0.15, -0.1) is 11.3 Å². The Labute approximate surface area is 121 Å². The predicted molar refractivity (Wildman–Crippen MR) is 78.9 cm³/mol. The van der Waals surface area contributed by atoms with Crippen LogP contribution in [0.2, 0.25) is 5.02 Å². The molecule has 0 saturated heterocycles. The molecule has 0 radical (unpaired) electrons. The van der Waals surface area contributed by atoms with Gasteiger partial charge in [-0.1, -0.05) is 24.6 Å². The van der Waals surface area contributed by atoms with Gasteiger partial charge >= 0.3 is 0 Å². The van der Waals surface area contributed by atoms with E-state index in [0.717, 1.165) is 6.42 Å². The molecule has 0 aliphatic carbocycles. The maximum absolute atomic E-state index is 13.8. The van der Waals surface area contributed by atoms with Crippen LogP contribution in [0.3, 0.4) is 0 Å². The van der Waals surface area contributed by atoms with E-state index in [4.69, 9.17) is 17.4 Å². The topological polar surface area (TPSA) is 38.0 Å². The zero-order chi connectivity index (χ0) is 13.8. The fourth-order valence-electron chi connectivity index (χ4n) is 2.08. The molecule has 1 atom stereocenters. The van der Waals surface area contributed by atoms with Gasteiger partial charge in [-0.05, 0) is 47.5 Å². The van der Waals surface area contributed by atoms with Gasteiger partial charge in [-0.2, -0.15) is 0 Å². The first kappa shape index (κ1) is 14.5. The molecule has 0 spiro atoms. The summed E-state index contributed by atoms with van der Waals surface area (Å²) >= 11 is 7.40. The molecule has 2 rings (SSSR count). The average molecular weight is 299 g/mol. The lowest BCUT2D eigenvalue weighted by molar-refractivity contribution is 0.533. The Morgan fingerprint density at radius 2 is 2.16 bits per heavy atom. The van der Waals surface area contributed by atoms with Gasteiger partial charge in [0, 0.05) is 9.90 Å². The first-order valence-electron chi connectivity index (χ1n) is 6.12. The Kier molecular flexibility index (Phi) is 4.93. The second-order valence-corrected chi connectivity index (χ2v) is 5.71. The molecular weight excluding hydrogens is 283 g/mol. The Morgan fingerprint density at radius 1 is 1.37 bits per heavy atom. The van der Waals surface area contributed by atoms with Crippen LogP contribution in [-0.2, 0) is 12.8 Å². The minimum Gasteiger partial charge on any atom is -0.271 e. The van der Waals surface area contributed by atoms with Crippen molar-refractivity contribution >= 4 is 22.9 Å². The van der Waals surface area contributed by atoms with Gasteiger partial charge < -0.3 is 0 Å². The van der Waals surface area contributed by atoms with Gasteiger partial charge in [0.15, 0.2) is 0 Å². The van der Waals surface area contributed by atoms with E-state index in [9.17, 15) is 4.39 Å². The highest BCUT2D eigenvalue weighted by molar-refractivity contribution is 7.10. The zero-order valence-corrected chi connectivity index (χ0v) is 12.2. The third-order valence-electron chi connectivity index (χ3n) is 3.12. The lowest BCUT2D eigenvalue weighted by Crippen LogP contribution is -2.29. The number of hydrogen-bond donors (Lipinski definition) is 2. The monoisotopic (exact) mass is 298 g/mol. The molecule has 2 nitrogen and oxygen atoms in total. The second kappa shape index (κ2) is 6.48. The summed E-state index contributed by atoms with van der Waals surface area (Å²) in [6.07, 6.45) is 1.45. The quantitative estimate of drug-likeness (QED) is 0.650. The maximum Gasteiger partial charge on any atom is 0.127 e. The number of nitrogens with one attached hydrogen (secondary N) is 1. The summed E-state index contributed by atoms with van der Waals surface area (Å²) in [5, 5.41) is 2.44. The number of thiophene rings is 1. The zero-order valence-electron chi connectivity index (χ0n) is 10.6. The van der Waals surface area contributed by atoms with Crippen molar-refractivity contribution in [2.75, 3.05) is 0 Å². The normalized spacial score (nSPS) is 12.6. The van der Waals surface area contributed by atoms with Crippen molar-refractivity contribution in [1.82, 2.24) is 5.43 Å². The summed E-state index contributed by atoms with van der Waals surface area (Å²) < 4.78 is 13.8. The second-order valence-electron chi connectivity index (χ2n) is 4.32. The Balaban J connectivity index is 2.24. The summed E-state index contributed by atoms with van der Waals surface area (Å²) in [5.74, 6) is 5.33. The molecule has 102 valence electrons. The van der Waals surface area contributed by atoms with E-state index in [1.54, 1.807) is 23.5 Å². The molecule has 1 heterocycles. The Morgan fingerprint density at radius 3 is 2.79 bits per heavy atom. The highest BCUT2D eigenvalue weighted by Gasteiger charge is 2.17. The van der Waals surface area contributed by atoms with Crippen molar-refractivity contribution in [2.45, 2.75) is 25.8 Å². The molecule has 0 amide bonds. The molecule has 5 heteroatoms. The molecule has 0 saturated carbocycles. The van der Waals surface area contributed by atoms with Crippen LogP contribution in [0, 0.1) is 5.82 Å².